The number of alkyl halides is 3. The lowest BCUT2D eigenvalue weighted by Crippen LogP contribution is -3.18. The third-order valence-corrected chi connectivity index (χ3v) is 4.72. The Morgan fingerprint density at radius 1 is 0.897 bits per heavy atom. The molecule has 2 rings (SSSR count). The molecule has 0 aliphatic carbocycles. The molecule has 29 heavy (non-hydrogen) atoms. The number of rotatable bonds is 5. The third-order valence-electron chi connectivity index (χ3n) is 4.72. The summed E-state index contributed by atoms with van der Waals surface area (Å²) in [5, 5.41) is 5.63. The van der Waals surface area contributed by atoms with Crippen LogP contribution in [0.1, 0.15) is 32.8 Å². The fourth-order valence-electron chi connectivity index (χ4n) is 3.41. The number of amides is 2. The monoisotopic (exact) mass is 416 g/mol. The Morgan fingerprint density at radius 3 is 1.90 bits per heavy atom. The highest BCUT2D eigenvalue weighted by atomic mass is 19.4. The van der Waals surface area contributed by atoms with Crippen molar-refractivity contribution < 1.29 is 32.6 Å². The summed E-state index contributed by atoms with van der Waals surface area (Å²) < 4.78 is 37.8. The SMILES string of the molecule is CC(C)(C)NC(=O)C[NH+]1CCC[NH+](CC(=O)Nc2ccc(C(F)(F)F)cc2)CC1. The van der Waals surface area contributed by atoms with Crippen LogP contribution in [0, 0.1) is 0 Å². The smallest absolute Gasteiger partial charge is 0.347 e. The molecule has 1 aliphatic rings. The predicted molar refractivity (Wildman–Crippen MR) is 104 cm³/mol. The van der Waals surface area contributed by atoms with Gasteiger partial charge in [-0.05, 0) is 45.0 Å². The highest BCUT2D eigenvalue weighted by Crippen LogP contribution is 2.29. The van der Waals surface area contributed by atoms with E-state index < -0.39 is 11.7 Å². The molecule has 2 unspecified atom stereocenters. The van der Waals surface area contributed by atoms with Crippen LogP contribution in [0.25, 0.3) is 0 Å². The van der Waals surface area contributed by atoms with Crippen LogP contribution in [0.15, 0.2) is 24.3 Å². The Balaban J connectivity index is 1.79. The van der Waals surface area contributed by atoms with Crippen molar-refractivity contribution in [1.82, 2.24) is 5.32 Å². The fraction of sp³-hybridized carbons (Fsp3) is 0.600. The molecule has 0 spiro atoms. The number of benzene rings is 1. The van der Waals surface area contributed by atoms with E-state index in [1.165, 1.54) is 17.0 Å². The summed E-state index contributed by atoms with van der Waals surface area (Å²) in [7, 11) is 0. The first-order chi connectivity index (χ1) is 13.4. The van der Waals surface area contributed by atoms with E-state index in [1.807, 2.05) is 20.8 Å². The van der Waals surface area contributed by atoms with Gasteiger partial charge in [0.2, 0.25) is 0 Å². The summed E-state index contributed by atoms with van der Waals surface area (Å²) in [6, 6.07) is 4.44. The minimum absolute atomic E-state index is 0.0241. The second-order valence-corrected chi connectivity index (χ2v) is 8.63. The highest BCUT2D eigenvalue weighted by Gasteiger charge is 2.30. The van der Waals surface area contributed by atoms with Crippen molar-refractivity contribution in [2.24, 2.45) is 0 Å². The van der Waals surface area contributed by atoms with Crippen LogP contribution in [0.2, 0.25) is 0 Å². The lowest BCUT2D eigenvalue weighted by Gasteiger charge is -2.22. The molecule has 4 N–H and O–H groups in total. The second-order valence-electron chi connectivity index (χ2n) is 8.63. The maximum atomic E-state index is 12.6. The summed E-state index contributed by atoms with van der Waals surface area (Å²) in [6.07, 6.45) is -3.49. The number of hydrogen-bond acceptors (Lipinski definition) is 2. The van der Waals surface area contributed by atoms with E-state index in [0.717, 1.165) is 49.6 Å². The van der Waals surface area contributed by atoms with E-state index in [2.05, 4.69) is 10.6 Å². The Morgan fingerprint density at radius 2 is 1.41 bits per heavy atom. The van der Waals surface area contributed by atoms with Gasteiger partial charge < -0.3 is 20.4 Å². The number of carbonyl (C=O) groups is 2. The number of quaternary nitrogens is 2. The number of hydrogen-bond donors (Lipinski definition) is 4. The summed E-state index contributed by atoms with van der Waals surface area (Å²) in [4.78, 5) is 26.7. The van der Waals surface area contributed by atoms with Gasteiger partial charge in [0.15, 0.2) is 13.1 Å². The first kappa shape index (κ1) is 23.2. The average Bonchev–Trinajstić information content (AvgIpc) is 2.78. The van der Waals surface area contributed by atoms with Gasteiger partial charge >= 0.3 is 6.18 Å². The molecular weight excluding hydrogens is 385 g/mol. The molecule has 1 aromatic carbocycles. The molecule has 1 aliphatic heterocycles. The number of halogens is 3. The molecule has 9 heteroatoms. The molecule has 6 nitrogen and oxygen atoms in total. The summed E-state index contributed by atoms with van der Waals surface area (Å²) in [5.74, 6) is -0.204. The van der Waals surface area contributed by atoms with E-state index >= 15 is 0 Å². The van der Waals surface area contributed by atoms with Crippen molar-refractivity contribution in [3.05, 3.63) is 29.8 Å². The van der Waals surface area contributed by atoms with Crippen molar-refractivity contribution in [2.45, 2.75) is 38.9 Å². The van der Waals surface area contributed by atoms with E-state index in [4.69, 9.17) is 0 Å². The van der Waals surface area contributed by atoms with Crippen LogP contribution in [0.3, 0.4) is 0 Å². The normalized spacial score (nSPS) is 20.6. The molecule has 1 aromatic rings. The van der Waals surface area contributed by atoms with E-state index in [0.29, 0.717) is 12.2 Å². The quantitative estimate of drug-likeness (QED) is 0.534. The van der Waals surface area contributed by atoms with Crippen molar-refractivity contribution in [1.29, 1.82) is 0 Å². The van der Waals surface area contributed by atoms with Gasteiger partial charge in [0.25, 0.3) is 11.8 Å². The maximum Gasteiger partial charge on any atom is 0.416 e. The van der Waals surface area contributed by atoms with Gasteiger partial charge in [-0.3, -0.25) is 9.59 Å². The van der Waals surface area contributed by atoms with Crippen molar-refractivity contribution in [3.8, 4) is 0 Å². The van der Waals surface area contributed by atoms with Gasteiger partial charge in [-0.15, -0.1) is 0 Å². The Kier molecular flexibility index (Phi) is 7.65. The molecule has 1 fully saturated rings. The van der Waals surface area contributed by atoms with Crippen LogP contribution < -0.4 is 20.4 Å². The van der Waals surface area contributed by atoms with Crippen LogP contribution in [0.5, 0.6) is 0 Å². The highest BCUT2D eigenvalue weighted by molar-refractivity contribution is 5.91. The standard InChI is InChI=1S/C20H29F3N4O2/c1-19(2,3)25-18(29)14-27-10-4-9-26(11-12-27)13-17(28)24-16-7-5-15(6-8-16)20(21,22)23/h5-8H,4,9-14H2,1-3H3,(H,24,28)(H,25,29)/p+2. The van der Waals surface area contributed by atoms with E-state index in [-0.39, 0.29) is 23.9 Å². The molecule has 1 heterocycles. The lowest BCUT2D eigenvalue weighted by molar-refractivity contribution is -0.930. The van der Waals surface area contributed by atoms with Gasteiger partial charge in [-0.2, -0.15) is 13.2 Å². The zero-order valence-corrected chi connectivity index (χ0v) is 17.2. The van der Waals surface area contributed by atoms with Crippen LogP contribution >= 0.6 is 0 Å². The fourth-order valence-corrected chi connectivity index (χ4v) is 3.41. The minimum atomic E-state index is -4.39. The summed E-state index contributed by atoms with van der Waals surface area (Å²) in [5.41, 5.74) is -0.647. The van der Waals surface area contributed by atoms with E-state index in [1.54, 1.807) is 0 Å². The Hall–Kier alpha value is -2.13. The largest absolute Gasteiger partial charge is 0.416 e. The molecule has 0 saturated carbocycles. The topological polar surface area (TPSA) is 67.1 Å². The van der Waals surface area contributed by atoms with Gasteiger partial charge in [-0.1, -0.05) is 0 Å². The van der Waals surface area contributed by atoms with Gasteiger partial charge in [0, 0.05) is 17.6 Å². The van der Waals surface area contributed by atoms with Gasteiger partial charge in [0.1, 0.15) is 13.1 Å². The second kappa shape index (κ2) is 9.58. The molecule has 0 aromatic heterocycles. The Labute approximate surface area is 169 Å². The number of carbonyl (C=O) groups excluding carboxylic acids is 2. The van der Waals surface area contributed by atoms with Crippen molar-refractivity contribution in [2.75, 3.05) is 44.6 Å². The van der Waals surface area contributed by atoms with Crippen molar-refractivity contribution in [3.63, 3.8) is 0 Å². The summed E-state index contributed by atoms with van der Waals surface area (Å²) in [6.45, 7) is 9.77. The molecule has 1 saturated heterocycles. The van der Waals surface area contributed by atoms with E-state index in [9.17, 15) is 22.8 Å². The predicted octanol–water partition coefficient (Wildman–Crippen LogP) is -0.268. The number of anilines is 1. The van der Waals surface area contributed by atoms with Crippen LogP contribution in [-0.2, 0) is 15.8 Å². The molecule has 0 radical (unpaired) electrons. The molecular formula is C20H31F3N4O2+2. The minimum Gasteiger partial charge on any atom is -0.347 e. The molecule has 0 bridgehead atoms. The van der Waals surface area contributed by atoms with Crippen LogP contribution in [-0.4, -0.2) is 56.6 Å². The molecule has 162 valence electrons. The van der Waals surface area contributed by atoms with Crippen LogP contribution in [0.4, 0.5) is 18.9 Å². The molecule has 2 amide bonds. The van der Waals surface area contributed by atoms with Gasteiger partial charge in [0.05, 0.1) is 18.7 Å². The summed E-state index contributed by atoms with van der Waals surface area (Å²) >= 11 is 0. The van der Waals surface area contributed by atoms with Crippen molar-refractivity contribution >= 4 is 17.5 Å². The molecule has 2 atom stereocenters. The maximum absolute atomic E-state index is 12.6. The third kappa shape index (κ3) is 8.41. The lowest BCUT2D eigenvalue weighted by atomic mass is 10.1. The zero-order chi connectivity index (χ0) is 21.7. The Bertz CT molecular complexity index is 699. The first-order valence-electron chi connectivity index (χ1n) is 9.87. The first-order valence-corrected chi connectivity index (χ1v) is 9.87. The zero-order valence-electron chi connectivity index (χ0n) is 17.2. The van der Waals surface area contributed by atoms with Gasteiger partial charge in [-0.25, -0.2) is 0 Å². The number of nitrogens with one attached hydrogen (secondary N) is 4. The average molecular weight is 416 g/mol.